The fourth-order valence-corrected chi connectivity index (χ4v) is 3.67. The molecule has 30 heavy (non-hydrogen) atoms. The number of amides is 2. The molecule has 1 fully saturated rings. The van der Waals surface area contributed by atoms with Crippen molar-refractivity contribution in [3.8, 4) is 0 Å². The SMILES string of the molecule is O=C(NCC1CC(=O)N(Cc2ccccc2)C1)c1cn(CCc2ccccc2)nn1. The van der Waals surface area contributed by atoms with E-state index in [2.05, 4.69) is 27.8 Å². The van der Waals surface area contributed by atoms with Crippen LogP contribution in [0.5, 0.6) is 0 Å². The maximum Gasteiger partial charge on any atom is 0.273 e. The lowest BCUT2D eigenvalue weighted by Crippen LogP contribution is -2.31. The van der Waals surface area contributed by atoms with Crippen LogP contribution in [-0.4, -0.2) is 44.8 Å². The molecule has 0 radical (unpaired) electrons. The van der Waals surface area contributed by atoms with E-state index in [0.29, 0.717) is 38.3 Å². The molecule has 1 unspecified atom stereocenters. The average Bonchev–Trinajstić information content (AvgIpc) is 3.39. The van der Waals surface area contributed by atoms with Gasteiger partial charge in [0.15, 0.2) is 5.69 Å². The minimum absolute atomic E-state index is 0.110. The number of nitrogens with one attached hydrogen (secondary N) is 1. The average molecular weight is 403 g/mol. The Bertz CT molecular complexity index is 987. The van der Waals surface area contributed by atoms with E-state index < -0.39 is 0 Å². The van der Waals surface area contributed by atoms with Crippen molar-refractivity contribution in [2.75, 3.05) is 13.1 Å². The maximum absolute atomic E-state index is 12.4. The number of nitrogens with zero attached hydrogens (tertiary/aromatic N) is 4. The second-order valence-corrected chi connectivity index (χ2v) is 7.64. The van der Waals surface area contributed by atoms with Crippen LogP contribution in [0.3, 0.4) is 0 Å². The molecule has 7 nitrogen and oxygen atoms in total. The summed E-state index contributed by atoms with van der Waals surface area (Å²) >= 11 is 0. The zero-order valence-electron chi connectivity index (χ0n) is 16.8. The lowest BCUT2D eigenvalue weighted by atomic mass is 10.1. The fraction of sp³-hybridized carbons (Fsp3) is 0.304. The molecule has 1 N–H and O–H groups in total. The third-order valence-corrected chi connectivity index (χ3v) is 5.31. The fourth-order valence-electron chi connectivity index (χ4n) is 3.67. The van der Waals surface area contributed by atoms with Crippen molar-refractivity contribution in [2.24, 2.45) is 5.92 Å². The standard InChI is InChI=1S/C23H25N5O2/c29-22-13-20(16-27(22)15-19-9-5-2-6-10-19)14-24-23(30)21-17-28(26-25-21)12-11-18-7-3-1-4-8-18/h1-10,17,20H,11-16H2,(H,24,30). The van der Waals surface area contributed by atoms with E-state index in [4.69, 9.17) is 0 Å². The van der Waals surface area contributed by atoms with Crippen LogP contribution in [0.15, 0.2) is 66.9 Å². The summed E-state index contributed by atoms with van der Waals surface area (Å²) in [5, 5.41) is 10.9. The summed E-state index contributed by atoms with van der Waals surface area (Å²) in [7, 11) is 0. The van der Waals surface area contributed by atoms with Crippen LogP contribution in [0, 0.1) is 5.92 Å². The molecule has 1 aliphatic rings. The lowest BCUT2D eigenvalue weighted by Gasteiger charge is -2.16. The van der Waals surface area contributed by atoms with E-state index in [9.17, 15) is 9.59 Å². The number of benzene rings is 2. The molecule has 0 aliphatic carbocycles. The van der Waals surface area contributed by atoms with Crippen LogP contribution in [0.2, 0.25) is 0 Å². The molecule has 2 amide bonds. The van der Waals surface area contributed by atoms with E-state index in [1.807, 2.05) is 53.4 Å². The van der Waals surface area contributed by atoms with Gasteiger partial charge in [-0.25, -0.2) is 0 Å². The Morgan fingerprint density at radius 1 is 1.03 bits per heavy atom. The van der Waals surface area contributed by atoms with Crippen molar-refractivity contribution in [3.63, 3.8) is 0 Å². The zero-order valence-corrected chi connectivity index (χ0v) is 16.8. The van der Waals surface area contributed by atoms with Crippen molar-refractivity contribution in [3.05, 3.63) is 83.7 Å². The quantitative estimate of drug-likeness (QED) is 0.626. The first-order valence-corrected chi connectivity index (χ1v) is 10.2. The number of likely N-dealkylation sites (tertiary alicyclic amines) is 1. The number of aryl methyl sites for hydroxylation is 2. The van der Waals surface area contributed by atoms with Crippen LogP contribution >= 0.6 is 0 Å². The first-order chi connectivity index (χ1) is 14.7. The van der Waals surface area contributed by atoms with Crippen molar-refractivity contribution in [1.29, 1.82) is 0 Å². The molecule has 4 rings (SSSR count). The Morgan fingerprint density at radius 3 is 2.47 bits per heavy atom. The predicted molar refractivity (Wildman–Crippen MR) is 112 cm³/mol. The number of carbonyl (C=O) groups is 2. The van der Waals surface area contributed by atoms with E-state index >= 15 is 0 Å². The van der Waals surface area contributed by atoms with Crippen LogP contribution in [0.25, 0.3) is 0 Å². The molecule has 1 aliphatic heterocycles. The van der Waals surface area contributed by atoms with Gasteiger partial charge >= 0.3 is 0 Å². The highest BCUT2D eigenvalue weighted by Gasteiger charge is 2.29. The summed E-state index contributed by atoms with van der Waals surface area (Å²) in [6, 6.07) is 20.1. The van der Waals surface area contributed by atoms with Gasteiger partial charge in [0.1, 0.15) is 0 Å². The minimum atomic E-state index is -0.255. The highest BCUT2D eigenvalue weighted by Crippen LogP contribution is 2.19. The van der Waals surface area contributed by atoms with Gasteiger partial charge in [-0.05, 0) is 17.5 Å². The molecule has 0 saturated carbocycles. The summed E-state index contributed by atoms with van der Waals surface area (Å²) in [4.78, 5) is 26.6. The van der Waals surface area contributed by atoms with Crippen LogP contribution in [0.1, 0.15) is 28.0 Å². The molecule has 7 heteroatoms. The molecule has 2 heterocycles. The summed E-state index contributed by atoms with van der Waals surface area (Å²) in [6.07, 6.45) is 2.95. The largest absolute Gasteiger partial charge is 0.350 e. The molecule has 2 aromatic carbocycles. The van der Waals surface area contributed by atoms with Gasteiger partial charge in [0.05, 0.1) is 6.20 Å². The number of hydrogen-bond acceptors (Lipinski definition) is 4. The lowest BCUT2D eigenvalue weighted by molar-refractivity contribution is -0.128. The molecular formula is C23H25N5O2. The van der Waals surface area contributed by atoms with Crippen molar-refractivity contribution >= 4 is 11.8 Å². The highest BCUT2D eigenvalue weighted by atomic mass is 16.2. The number of hydrogen-bond donors (Lipinski definition) is 1. The van der Waals surface area contributed by atoms with E-state index in [0.717, 1.165) is 12.0 Å². The monoisotopic (exact) mass is 403 g/mol. The van der Waals surface area contributed by atoms with Crippen LogP contribution in [-0.2, 0) is 24.3 Å². The van der Waals surface area contributed by atoms with Crippen molar-refractivity contribution < 1.29 is 9.59 Å². The topological polar surface area (TPSA) is 80.1 Å². The second kappa shape index (κ2) is 9.35. The van der Waals surface area contributed by atoms with Gasteiger partial charge in [0.25, 0.3) is 5.91 Å². The Balaban J connectivity index is 1.24. The van der Waals surface area contributed by atoms with Gasteiger partial charge < -0.3 is 10.2 Å². The van der Waals surface area contributed by atoms with Crippen molar-refractivity contribution in [2.45, 2.75) is 25.9 Å². The first kappa shape index (κ1) is 19.8. The normalized spacial score (nSPS) is 16.1. The van der Waals surface area contributed by atoms with Crippen LogP contribution in [0.4, 0.5) is 0 Å². The smallest absolute Gasteiger partial charge is 0.273 e. The first-order valence-electron chi connectivity index (χ1n) is 10.2. The molecule has 3 aromatic rings. The Labute approximate surface area is 175 Å². The Kier molecular flexibility index (Phi) is 6.17. The Morgan fingerprint density at radius 2 is 1.73 bits per heavy atom. The Hall–Kier alpha value is -3.48. The van der Waals surface area contributed by atoms with Gasteiger partial charge in [0.2, 0.25) is 5.91 Å². The molecule has 1 atom stereocenters. The molecule has 1 aromatic heterocycles. The summed E-state index contributed by atoms with van der Waals surface area (Å²) in [5.74, 6) is -0.0156. The van der Waals surface area contributed by atoms with E-state index in [1.54, 1.807) is 10.9 Å². The van der Waals surface area contributed by atoms with E-state index in [-0.39, 0.29) is 17.7 Å². The third-order valence-electron chi connectivity index (χ3n) is 5.31. The number of aromatic nitrogens is 3. The molecular weight excluding hydrogens is 378 g/mol. The summed E-state index contributed by atoms with van der Waals surface area (Å²) in [5.41, 5.74) is 2.63. The van der Waals surface area contributed by atoms with Gasteiger partial charge in [-0.15, -0.1) is 5.10 Å². The van der Waals surface area contributed by atoms with E-state index in [1.165, 1.54) is 5.56 Å². The summed E-state index contributed by atoms with van der Waals surface area (Å²) < 4.78 is 1.68. The predicted octanol–water partition coefficient (Wildman–Crippen LogP) is 2.30. The second-order valence-electron chi connectivity index (χ2n) is 7.64. The van der Waals surface area contributed by atoms with Crippen LogP contribution < -0.4 is 5.32 Å². The maximum atomic E-state index is 12.4. The van der Waals surface area contributed by atoms with Gasteiger partial charge in [0, 0.05) is 38.5 Å². The molecule has 154 valence electrons. The van der Waals surface area contributed by atoms with Crippen molar-refractivity contribution in [1.82, 2.24) is 25.2 Å². The highest BCUT2D eigenvalue weighted by molar-refractivity contribution is 5.91. The molecule has 1 saturated heterocycles. The van der Waals surface area contributed by atoms with Gasteiger partial charge in [-0.2, -0.15) is 0 Å². The third kappa shape index (κ3) is 5.11. The molecule has 0 bridgehead atoms. The number of carbonyl (C=O) groups excluding carboxylic acids is 2. The molecule has 0 spiro atoms. The minimum Gasteiger partial charge on any atom is -0.350 e. The van der Waals surface area contributed by atoms with Gasteiger partial charge in [-0.1, -0.05) is 65.9 Å². The summed E-state index contributed by atoms with van der Waals surface area (Å²) in [6.45, 7) is 2.38. The number of rotatable bonds is 8. The zero-order chi connectivity index (χ0) is 20.8. The van der Waals surface area contributed by atoms with Gasteiger partial charge in [-0.3, -0.25) is 14.3 Å².